The number of carbonyl (C=O) groups is 2. The van der Waals surface area contributed by atoms with Crippen molar-refractivity contribution in [1.29, 1.82) is 0 Å². The maximum absolute atomic E-state index is 12.9. The molecule has 6 heteroatoms. The lowest BCUT2D eigenvalue weighted by Crippen LogP contribution is -2.49. The molecule has 0 bridgehead atoms. The molecule has 0 aromatic heterocycles. The van der Waals surface area contributed by atoms with Crippen LogP contribution in [-0.2, 0) is 4.79 Å². The molecule has 0 fully saturated rings. The third kappa shape index (κ3) is 4.16. The number of urea groups is 1. The van der Waals surface area contributed by atoms with E-state index >= 15 is 0 Å². The number of unbranched alkanes of at least 4 members (excludes halogenated alkanes) is 1. The van der Waals surface area contributed by atoms with E-state index in [2.05, 4.69) is 22.5 Å². The molecule has 1 heterocycles. The van der Waals surface area contributed by atoms with Gasteiger partial charge in [0.1, 0.15) is 0 Å². The standard InChI is InChI=1S/C21H24N4O2/c1-3-4-14-22-21(27)24-19-20(26)25(2)17-13-9-8-12-16(17)18(23-19)15-10-6-5-7-11-15/h5-13,19H,3-4,14H2,1-2H3,(H2,22,24,27)/t19-/m1/s1. The fourth-order valence-electron chi connectivity index (χ4n) is 3.00. The summed E-state index contributed by atoms with van der Waals surface area (Å²) in [5.41, 5.74) is 3.20. The zero-order valence-electron chi connectivity index (χ0n) is 15.6. The second kappa shape index (κ2) is 8.49. The molecule has 3 rings (SSSR count). The van der Waals surface area contributed by atoms with E-state index in [1.165, 1.54) is 0 Å². The van der Waals surface area contributed by atoms with Gasteiger partial charge in [0.05, 0.1) is 11.4 Å². The predicted molar refractivity (Wildman–Crippen MR) is 107 cm³/mol. The minimum absolute atomic E-state index is 0.279. The zero-order chi connectivity index (χ0) is 19.2. The van der Waals surface area contributed by atoms with Gasteiger partial charge >= 0.3 is 6.03 Å². The van der Waals surface area contributed by atoms with Gasteiger partial charge in [0.2, 0.25) is 6.17 Å². The molecule has 2 N–H and O–H groups in total. The van der Waals surface area contributed by atoms with Crippen LogP contribution in [0.1, 0.15) is 30.9 Å². The van der Waals surface area contributed by atoms with Crippen molar-refractivity contribution in [2.24, 2.45) is 4.99 Å². The van der Waals surface area contributed by atoms with Crippen LogP contribution in [0, 0.1) is 0 Å². The highest BCUT2D eigenvalue weighted by molar-refractivity contribution is 6.20. The number of anilines is 1. The van der Waals surface area contributed by atoms with Gasteiger partial charge < -0.3 is 15.5 Å². The van der Waals surface area contributed by atoms with Gasteiger partial charge in [-0.15, -0.1) is 0 Å². The topological polar surface area (TPSA) is 73.8 Å². The van der Waals surface area contributed by atoms with Crippen molar-refractivity contribution < 1.29 is 9.59 Å². The first-order valence-corrected chi connectivity index (χ1v) is 9.16. The summed E-state index contributed by atoms with van der Waals surface area (Å²) in [5, 5.41) is 5.48. The Morgan fingerprint density at radius 3 is 2.56 bits per heavy atom. The lowest BCUT2D eigenvalue weighted by atomic mass is 10.0. The summed E-state index contributed by atoms with van der Waals surface area (Å²) in [6.45, 7) is 2.62. The Balaban J connectivity index is 1.97. The summed E-state index contributed by atoms with van der Waals surface area (Å²) in [7, 11) is 1.70. The lowest BCUT2D eigenvalue weighted by molar-refractivity contribution is -0.119. The number of para-hydroxylation sites is 1. The van der Waals surface area contributed by atoms with E-state index < -0.39 is 12.2 Å². The molecule has 6 nitrogen and oxygen atoms in total. The second-order valence-electron chi connectivity index (χ2n) is 6.41. The van der Waals surface area contributed by atoms with Gasteiger partial charge in [0, 0.05) is 24.7 Å². The number of benzene rings is 2. The number of nitrogens with zero attached hydrogens (tertiary/aromatic N) is 2. The van der Waals surface area contributed by atoms with Crippen molar-refractivity contribution in [3.05, 3.63) is 65.7 Å². The Morgan fingerprint density at radius 2 is 1.81 bits per heavy atom. The van der Waals surface area contributed by atoms with Crippen molar-refractivity contribution in [3.8, 4) is 0 Å². The van der Waals surface area contributed by atoms with Gasteiger partial charge in [-0.1, -0.05) is 61.9 Å². The number of benzodiazepines with no additional fused rings is 1. The molecular weight excluding hydrogens is 340 g/mol. The average Bonchev–Trinajstić information content (AvgIpc) is 2.80. The summed E-state index contributed by atoms with van der Waals surface area (Å²) in [4.78, 5) is 31.3. The van der Waals surface area contributed by atoms with Crippen molar-refractivity contribution >= 4 is 23.3 Å². The van der Waals surface area contributed by atoms with Crippen molar-refractivity contribution in [1.82, 2.24) is 10.6 Å². The Hall–Kier alpha value is -3.15. The van der Waals surface area contributed by atoms with Crippen LogP contribution in [0.3, 0.4) is 0 Å². The minimum atomic E-state index is -0.987. The quantitative estimate of drug-likeness (QED) is 0.801. The van der Waals surface area contributed by atoms with Gasteiger partial charge in [0.25, 0.3) is 5.91 Å². The number of hydrogen-bond donors (Lipinski definition) is 2. The van der Waals surface area contributed by atoms with Gasteiger partial charge in [-0.05, 0) is 12.5 Å². The molecule has 2 aromatic carbocycles. The maximum atomic E-state index is 12.9. The molecule has 2 aromatic rings. The van der Waals surface area contributed by atoms with E-state index in [0.29, 0.717) is 12.3 Å². The summed E-state index contributed by atoms with van der Waals surface area (Å²) < 4.78 is 0. The largest absolute Gasteiger partial charge is 0.338 e. The SMILES string of the molecule is CCCCNC(=O)N[C@H]1N=C(c2ccccc2)c2ccccc2N(C)C1=O. The number of carbonyl (C=O) groups excluding carboxylic acids is 2. The third-order valence-corrected chi connectivity index (χ3v) is 4.47. The van der Waals surface area contributed by atoms with Gasteiger partial charge in [-0.2, -0.15) is 0 Å². The van der Waals surface area contributed by atoms with Crippen LogP contribution in [-0.4, -0.2) is 37.4 Å². The molecule has 1 aliphatic rings. The van der Waals surface area contributed by atoms with Crippen LogP contribution in [0.2, 0.25) is 0 Å². The van der Waals surface area contributed by atoms with Gasteiger partial charge in [-0.25, -0.2) is 9.79 Å². The van der Waals surface area contributed by atoms with E-state index in [0.717, 1.165) is 29.7 Å². The Kier molecular flexibility index (Phi) is 5.86. The minimum Gasteiger partial charge on any atom is -0.338 e. The van der Waals surface area contributed by atoms with Gasteiger partial charge in [-0.3, -0.25) is 4.79 Å². The predicted octanol–water partition coefficient (Wildman–Crippen LogP) is 2.93. The number of fused-ring (bicyclic) bond motifs is 1. The fourth-order valence-corrected chi connectivity index (χ4v) is 3.00. The molecule has 0 spiro atoms. The highest BCUT2D eigenvalue weighted by Gasteiger charge is 2.30. The monoisotopic (exact) mass is 364 g/mol. The number of hydrogen-bond acceptors (Lipinski definition) is 3. The van der Waals surface area contributed by atoms with Crippen molar-refractivity contribution in [2.75, 3.05) is 18.5 Å². The Labute approximate surface area is 159 Å². The molecule has 0 radical (unpaired) electrons. The third-order valence-electron chi connectivity index (χ3n) is 4.47. The van der Waals surface area contributed by atoms with Crippen molar-refractivity contribution in [2.45, 2.75) is 25.9 Å². The van der Waals surface area contributed by atoms with E-state index in [9.17, 15) is 9.59 Å². The van der Waals surface area contributed by atoms with Crippen LogP contribution in [0.25, 0.3) is 0 Å². The van der Waals surface area contributed by atoms with Gasteiger partial charge in [0.15, 0.2) is 0 Å². The number of rotatable bonds is 5. The summed E-state index contributed by atoms with van der Waals surface area (Å²) in [6, 6.07) is 16.9. The van der Waals surface area contributed by atoms with E-state index in [1.807, 2.05) is 54.6 Å². The molecule has 1 atom stereocenters. The number of likely N-dealkylation sites (N-methyl/N-ethyl adjacent to an activating group) is 1. The maximum Gasteiger partial charge on any atom is 0.316 e. The van der Waals surface area contributed by atoms with Crippen LogP contribution in [0.15, 0.2) is 59.6 Å². The summed E-state index contributed by atoms with van der Waals surface area (Å²) in [6.07, 6.45) is 0.881. The zero-order valence-corrected chi connectivity index (χ0v) is 15.6. The first-order chi connectivity index (χ1) is 13.1. The Bertz CT molecular complexity index is 848. The molecule has 1 aliphatic heterocycles. The smallest absolute Gasteiger partial charge is 0.316 e. The van der Waals surface area contributed by atoms with E-state index in [-0.39, 0.29) is 5.91 Å². The molecule has 0 aliphatic carbocycles. The molecule has 140 valence electrons. The molecule has 0 unspecified atom stereocenters. The van der Waals surface area contributed by atoms with Crippen LogP contribution in [0.4, 0.5) is 10.5 Å². The lowest BCUT2D eigenvalue weighted by Gasteiger charge is -2.21. The first-order valence-electron chi connectivity index (χ1n) is 9.16. The first kappa shape index (κ1) is 18.6. The number of nitrogens with one attached hydrogen (secondary N) is 2. The number of aliphatic imine (C=N–C) groups is 1. The molecule has 0 saturated heterocycles. The molecule has 0 saturated carbocycles. The summed E-state index contributed by atoms with van der Waals surface area (Å²) >= 11 is 0. The normalized spacial score (nSPS) is 16.2. The second-order valence-corrected chi connectivity index (χ2v) is 6.41. The fraction of sp³-hybridized carbons (Fsp3) is 0.286. The van der Waals surface area contributed by atoms with Crippen LogP contribution < -0.4 is 15.5 Å². The molecular formula is C21H24N4O2. The Morgan fingerprint density at radius 1 is 1.11 bits per heavy atom. The van der Waals surface area contributed by atoms with E-state index in [1.54, 1.807) is 11.9 Å². The van der Waals surface area contributed by atoms with Crippen molar-refractivity contribution in [3.63, 3.8) is 0 Å². The average molecular weight is 364 g/mol. The highest BCUT2D eigenvalue weighted by atomic mass is 16.2. The van der Waals surface area contributed by atoms with Crippen LogP contribution in [0.5, 0.6) is 0 Å². The number of amides is 3. The molecule has 3 amide bonds. The van der Waals surface area contributed by atoms with Crippen LogP contribution >= 0.6 is 0 Å². The molecule has 27 heavy (non-hydrogen) atoms. The van der Waals surface area contributed by atoms with E-state index in [4.69, 9.17) is 0 Å². The highest BCUT2D eigenvalue weighted by Crippen LogP contribution is 2.26. The summed E-state index contributed by atoms with van der Waals surface area (Å²) in [5.74, 6) is -0.279.